The van der Waals surface area contributed by atoms with E-state index in [0.717, 1.165) is 12.0 Å². The molecule has 0 spiro atoms. The predicted molar refractivity (Wildman–Crippen MR) is 168 cm³/mol. The van der Waals surface area contributed by atoms with Crippen LogP contribution in [-0.4, -0.2) is 42.3 Å². The highest BCUT2D eigenvalue weighted by Crippen LogP contribution is 2.60. The largest absolute Gasteiger partial charge is 0.489 e. The van der Waals surface area contributed by atoms with E-state index in [1.807, 2.05) is 54.5 Å². The van der Waals surface area contributed by atoms with Gasteiger partial charge < -0.3 is 19.9 Å². The minimum Gasteiger partial charge on any atom is -0.489 e. The quantitative estimate of drug-likeness (QED) is 0.208. The Kier molecular flexibility index (Phi) is 10.4. The molecule has 1 amide bonds. The Morgan fingerprint density at radius 2 is 1.77 bits per heavy atom. The number of unbranched alkanes of at least 4 members (excludes halogenated alkanes) is 2. The maximum Gasteiger partial charge on any atom is 0.333 e. The first kappa shape index (κ1) is 32.4. The summed E-state index contributed by atoms with van der Waals surface area (Å²) in [5.41, 5.74) is 0.307. The summed E-state index contributed by atoms with van der Waals surface area (Å²) in [7, 11) is 0. The van der Waals surface area contributed by atoms with Crippen LogP contribution in [0.5, 0.6) is 5.75 Å². The first-order valence-corrected chi connectivity index (χ1v) is 14.9. The monoisotopic (exact) mass is 607 g/mol. The molecule has 7 nitrogen and oxygen atoms in total. The van der Waals surface area contributed by atoms with Crippen LogP contribution in [0.25, 0.3) is 0 Å². The molecule has 2 aromatic carbocycles. The number of hydrogen-bond donors (Lipinski definition) is 2. The average molecular weight is 608 g/mol. The third-order valence-electron chi connectivity index (χ3n) is 8.02. The zero-order valence-electron chi connectivity index (χ0n) is 27.1. The van der Waals surface area contributed by atoms with Crippen LogP contribution in [0.4, 0.5) is 0 Å². The molecule has 43 heavy (non-hydrogen) atoms. The lowest BCUT2D eigenvalue weighted by atomic mass is 9.45. The molecule has 0 aromatic heterocycles. The number of hydrogen-bond acceptors (Lipinski definition) is 5. The molecule has 230 valence electrons. The molecule has 0 unspecified atom stereocenters. The molecule has 1 saturated carbocycles. The zero-order valence-corrected chi connectivity index (χ0v) is 26.8. The van der Waals surface area contributed by atoms with Crippen molar-refractivity contribution in [1.29, 1.82) is 5.26 Å². The zero-order chi connectivity index (χ0) is 32.9. The van der Waals surface area contributed by atoms with Crippen LogP contribution in [0, 0.1) is 45.3 Å². The third kappa shape index (κ3) is 8.31. The Morgan fingerprint density at radius 3 is 2.33 bits per heavy atom. The van der Waals surface area contributed by atoms with Crippen LogP contribution in [0.15, 0.2) is 42.5 Å². The van der Waals surface area contributed by atoms with Gasteiger partial charge in [-0.15, -0.1) is 0 Å². The lowest BCUT2D eigenvalue weighted by Crippen LogP contribution is -2.68. The van der Waals surface area contributed by atoms with Crippen LogP contribution < -0.4 is 10.1 Å². The van der Waals surface area contributed by atoms with E-state index in [9.17, 15) is 14.7 Å². The highest BCUT2D eigenvalue weighted by atomic mass is 35.5. The fourth-order valence-corrected chi connectivity index (χ4v) is 6.21. The van der Waals surface area contributed by atoms with Gasteiger partial charge in [0.25, 0.3) is 5.91 Å². The van der Waals surface area contributed by atoms with Crippen LogP contribution in [0.3, 0.4) is 0 Å². The van der Waals surface area contributed by atoms with Gasteiger partial charge in [0, 0.05) is 48.9 Å². The summed E-state index contributed by atoms with van der Waals surface area (Å²) in [6.45, 7) is 13.2. The molecule has 2 aromatic rings. The molecule has 1 aliphatic carbocycles. The number of amides is 1. The van der Waals surface area contributed by atoms with Crippen molar-refractivity contribution in [3.8, 4) is 23.7 Å². The van der Waals surface area contributed by atoms with Crippen LogP contribution in [-0.2, 0) is 9.53 Å². The van der Waals surface area contributed by atoms with E-state index in [4.69, 9.17) is 27.7 Å². The van der Waals surface area contributed by atoms with Gasteiger partial charge >= 0.3 is 5.97 Å². The minimum atomic E-state index is -0.950. The summed E-state index contributed by atoms with van der Waals surface area (Å²) in [6, 6.07) is 14.0. The average Bonchev–Trinajstić information content (AvgIpc) is 2.92. The van der Waals surface area contributed by atoms with Crippen LogP contribution >= 0.6 is 11.6 Å². The summed E-state index contributed by atoms with van der Waals surface area (Å²) in [6.07, 6.45) is 1.08. The van der Waals surface area contributed by atoms with E-state index in [-0.39, 0.29) is 17.9 Å². The van der Waals surface area contributed by atoms with Crippen molar-refractivity contribution < 1.29 is 25.5 Å². The normalized spacial score (nSPS) is 20.2. The molecule has 0 radical (unpaired) electrons. The minimum absolute atomic E-state index is 0.184. The number of aliphatic carboxylic acids is 1. The first-order valence-electron chi connectivity index (χ1n) is 15.1. The van der Waals surface area contributed by atoms with Crippen LogP contribution in [0.2, 0.25) is 5.02 Å². The van der Waals surface area contributed by atoms with Gasteiger partial charge in [0.1, 0.15) is 17.9 Å². The van der Waals surface area contributed by atoms with E-state index in [1.165, 1.54) is 0 Å². The standard InChI is InChI=1S/C35H43ClN2O5/c1-33(2,3)29(31(40)41)42-19-11-9-8-10-12-23-13-15-24(16-14-23)30(39)38-22-28-34(4,5)32(35(28,6)7)43-26-18-17-25(21-37)27(36)20-26/h13-18,20,28-29,32H,8-9,11,19,22H2,1-7H3,(H,38,39)(H,40,41)/t28?,29-,32?/m0/s1/i22D/t22-,28?,29+,32?/m1. The molecular formula is C35H43ClN2O5. The van der Waals surface area contributed by atoms with Crippen molar-refractivity contribution in [2.24, 2.45) is 22.2 Å². The molecule has 0 saturated heterocycles. The summed E-state index contributed by atoms with van der Waals surface area (Å²) < 4.78 is 20.7. The topological polar surface area (TPSA) is 109 Å². The molecule has 0 heterocycles. The van der Waals surface area contributed by atoms with Gasteiger partial charge in [-0.1, -0.05) is 71.9 Å². The lowest BCUT2D eigenvalue weighted by molar-refractivity contribution is -0.195. The maximum absolute atomic E-state index is 13.0. The van der Waals surface area contributed by atoms with Crippen molar-refractivity contribution in [2.45, 2.75) is 79.9 Å². The van der Waals surface area contributed by atoms with Gasteiger partial charge in [0.2, 0.25) is 0 Å². The number of nitrogens with zero attached hydrogens (tertiary/aromatic N) is 1. The number of nitriles is 1. The second-order valence-corrected chi connectivity index (χ2v) is 13.7. The van der Waals surface area contributed by atoms with Crippen LogP contribution in [0.1, 0.15) is 90.6 Å². The summed E-state index contributed by atoms with van der Waals surface area (Å²) in [5.74, 6) is 5.31. The highest BCUT2D eigenvalue weighted by molar-refractivity contribution is 6.31. The summed E-state index contributed by atoms with van der Waals surface area (Å²) >= 11 is 6.19. The summed E-state index contributed by atoms with van der Waals surface area (Å²) in [4.78, 5) is 24.4. The molecule has 1 fully saturated rings. The number of halogens is 1. The van der Waals surface area contributed by atoms with Crippen molar-refractivity contribution >= 4 is 23.5 Å². The second-order valence-electron chi connectivity index (χ2n) is 13.3. The van der Waals surface area contributed by atoms with E-state index in [2.05, 4.69) is 17.2 Å². The molecular weight excluding hydrogens is 564 g/mol. The molecule has 3 rings (SSSR count). The SMILES string of the molecule is [2H][C@@H](NC(=O)c1ccc(C#CCCCCO[C@@H](C(=O)O)C(C)(C)C)cc1)C1C(C)(C)C(Oc2ccc(C#N)c(Cl)c2)C1(C)C. The van der Waals surface area contributed by atoms with Gasteiger partial charge in [-0.25, -0.2) is 4.79 Å². The number of ether oxygens (including phenoxy) is 2. The number of carbonyl (C=O) groups excluding carboxylic acids is 1. The van der Waals surface area contributed by atoms with Crippen molar-refractivity contribution in [3.63, 3.8) is 0 Å². The maximum atomic E-state index is 13.0. The Bertz CT molecular complexity index is 1430. The number of carboxylic acids is 1. The van der Waals surface area contributed by atoms with Gasteiger partial charge in [0.05, 0.1) is 10.6 Å². The lowest BCUT2D eigenvalue weighted by Gasteiger charge is -2.63. The van der Waals surface area contributed by atoms with E-state index in [1.54, 1.807) is 42.5 Å². The Balaban J connectivity index is 1.51. The van der Waals surface area contributed by atoms with Gasteiger partial charge in [-0.05, 0) is 60.6 Å². The number of nitrogens with one attached hydrogen (secondary N) is 1. The number of rotatable bonds is 11. The van der Waals surface area contributed by atoms with Gasteiger partial charge in [-0.2, -0.15) is 5.26 Å². The molecule has 1 aliphatic rings. The van der Waals surface area contributed by atoms with E-state index >= 15 is 0 Å². The second kappa shape index (κ2) is 13.8. The van der Waals surface area contributed by atoms with E-state index < -0.39 is 34.8 Å². The van der Waals surface area contributed by atoms with Gasteiger partial charge in [-0.3, -0.25) is 4.79 Å². The van der Waals surface area contributed by atoms with Crippen molar-refractivity contribution in [1.82, 2.24) is 5.32 Å². The molecule has 2 atom stereocenters. The molecule has 0 bridgehead atoms. The molecule has 8 heteroatoms. The van der Waals surface area contributed by atoms with Crippen molar-refractivity contribution in [2.75, 3.05) is 13.1 Å². The fourth-order valence-electron chi connectivity index (χ4n) is 6.00. The smallest absolute Gasteiger partial charge is 0.333 e. The number of carbonyl (C=O) groups is 2. The fraction of sp³-hybridized carbons (Fsp3) is 0.514. The highest BCUT2D eigenvalue weighted by Gasteiger charge is 2.63. The third-order valence-corrected chi connectivity index (χ3v) is 8.33. The first-order chi connectivity index (χ1) is 20.5. The number of benzene rings is 2. The van der Waals surface area contributed by atoms with E-state index in [0.29, 0.717) is 41.3 Å². The molecule has 0 aliphatic heterocycles. The Labute approximate surface area is 262 Å². The molecule has 2 N–H and O–H groups in total. The Hall–Kier alpha value is -3.52. The van der Waals surface area contributed by atoms with Crippen molar-refractivity contribution in [3.05, 3.63) is 64.2 Å². The summed E-state index contributed by atoms with van der Waals surface area (Å²) in [5, 5.41) is 21.7. The predicted octanol–water partition coefficient (Wildman–Crippen LogP) is 7.11. The van der Waals surface area contributed by atoms with Gasteiger partial charge in [0.15, 0.2) is 6.10 Å². The number of carboxylic acid groups (broad SMARTS) is 1. The Morgan fingerprint density at radius 1 is 1.12 bits per heavy atom.